The molecule has 0 bridgehead atoms. The maximum absolute atomic E-state index is 10.5. The average molecular weight is 303 g/mol. The fourth-order valence-corrected chi connectivity index (χ4v) is 4.17. The Kier molecular flexibility index (Phi) is 3.03. The number of hydrogen-bond acceptors (Lipinski definition) is 3. The summed E-state index contributed by atoms with van der Waals surface area (Å²) in [5.41, 5.74) is 0.0481. The molecule has 0 aliphatic heterocycles. The largest absolute Gasteiger partial charge is 0.380 e. The van der Waals surface area contributed by atoms with E-state index in [-0.39, 0.29) is 0 Å². The Morgan fingerprint density at radius 1 is 1.33 bits per heavy atom. The topological polar surface area (TPSA) is 20.2 Å². The van der Waals surface area contributed by atoms with Crippen molar-refractivity contribution in [2.75, 3.05) is 0 Å². The fraction of sp³-hybridized carbons (Fsp3) is 0.273. The first kappa shape index (κ1) is 11.3. The van der Waals surface area contributed by atoms with Crippen LogP contribution in [0.1, 0.15) is 22.2 Å². The van der Waals surface area contributed by atoms with E-state index in [9.17, 15) is 5.11 Å². The molecule has 0 aliphatic carbocycles. The van der Waals surface area contributed by atoms with Gasteiger partial charge in [0.25, 0.3) is 0 Å². The van der Waals surface area contributed by atoms with Gasteiger partial charge in [0.1, 0.15) is 5.60 Å². The van der Waals surface area contributed by atoms with Gasteiger partial charge >= 0.3 is 0 Å². The lowest BCUT2D eigenvalue weighted by molar-refractivity contribution is 0.106. The van der Waals surface area contributed by atoms with Crippen LogP contribution in [-0.4, -0.2) is 5.11 Å². The second-order valence-electron chi connectivity index (χ2n) is 3.62. The van der Waals surface area contributed by atoms with Crippen molar-refractivity contribution in [2.45, 2.75) is 19.4 Å². The smallest absolute Gasteiger partial charge is 0.123 e. The van der Waals surface area contributed by atoms with Gasteiger partial charge in [-0.1, -0.05) is 0 Å². The highest BCUT2D eigenvalue weighted by Crippen LogP contribution is 2.38. The van der Waals surface area contributed by atoms with Gasteiger partial charge in [0.2, 0.25) is 0 Å². The lowest BCUT2D eigenvalue weighted by Crippen LogP contribution is -2.20. The van der Waals surface area contributed by atoms with Gasteiger partial charge in [0.05, 0.1) is 0 Å². The van der Waals surface area contributed by atoms with Gasteiger partial charge in [-0.25, -0.2) is 0 Å². The minimum atomic E-state index is -0.891. The lowest BCUT2D eigenvalue weighted by Gasteiger charge is -2.21. The molecule has 0 saturated heterocycles. The molecular formula is C11H11BrOS2. The number of halogens is 1. The minimum absolute atomic E-state index is 0.891. The molecule has 80 valence electrons. The van der Waals surface area contributed by atoms with Crippen LogP contribution in [0, 0.1) is 6.92 Å². The predicted molar refractivity (Wildman–Crippen MR) is 69.7 cm³/mol. The zero-order valence-electron chi connectivity index (χ0n) is 8.45. The van der Waals surface area contributed by atoms with E-state index in [1.807, 2.05) is 36.7 Å². The molecule has 0 fully saturated rings. The third-order valence-corrected chi connectivity index (χ3v) is 5.27. The molecule has 4 heteroatoms. The van der Waals surface area contributed by atoms with E-state index >= 15 is 0 Å². The molecule has 0 aliphatic rings. The summed E-state index contributed by atoms with van der Waals surface area (Å²) in [6, 6.07) is 4.03. The van der Waals surface area contributed by atoms with Crippen LogP contribution in [0.4, 0.5) is 0 Å². The maximum atomic E-state index is 10.5. The molecule has 0 spiro atoms. The van der Waals surface area contributed by atoms with Crippen molar-refractivity contribution < 1.29 is 5.11 Å². The quantitative estimate of drug-likeness (QED) is 0.884. The van der Waals surface area contributed by atoms with Gasteiger partial charge in [0, 0.05) is 25.2 Å². The van der Waals surface area contributed by atoms with Crippen LogP contribution >= 0.6 is 38.6 Å². The molecule has 0 radical (unpaired) electrons. The van der Waals surface area contributed by atoms with Crippen molar-refractivity contribution >= 4 is 38.6 Å². The van der Waals surface area contributed by atoms with Gasteiger partial charge in [0.15, 0.2) is 0 Å². The summed E-state index contributed by atoms with van der Waals surface area (Å²) < 4.78 is 0.976. The summed E-state index contributed by atoms with van der Waals surface area (Å²) in [6.07, 6.45) is 0. The third-order valence-electron chi connectivity index (χ3n) is 2.36. The number of rotatable bonds is 2. The second-order valence-corrected chi connectivity index (χ2v) is 6.50. The van der Waals surface area contributed by atoms with Crippen LogP contribution < -0.4 is 0 Å². The first-order valence-corrected chi connectivity index (χ1v) is 7.08. The van der Waals surface area contributed by atoms with Crippen LogP contribution in [0.25, 0.3) is 0 Å². The van der Waals surface area contributed by atoms with Gasteiger partial charge in [-0.2, -0.15) is 11.3 Å². The van der Waals surface area contributed by atoms with Gasteiger partial charge in [-0.15, -0.1) is 11.3 Å². The first-order valence-electron chi connectivity index (χ1n) is 4.53. The molecule has 2 rings (SSSR count). The summed E-state index contributed by atoms with van der Waals surface area (Å²) in [5.74, 6) is 0. The van der Waals surface area contributed by atoms with E-state index in [1.165, 1.54) is 4.88 Å². The standard InChI is InChI=1S/C11H11BrOS2/c1-7-3-4-10(15-7)11(2,13)8-5-14-6-9(8)12/h3-6,13H,1-2H3. The Labute approximate surface area is 106 Å². The molecule has 2 aromatic rings. The van der Waals surface area contributed by atoms with E-state index in [0.717, 1.165) is 14.9 Å². The summed E-state index contributed by atoms with van der Waals surface area (Å²) in [4.78, 5) is 2.20. The van der Waals surface area contributed by atoms with Crippen molar-refractivity contribution in [1.29, 1.82) is 0 Å². The molecule has 1 nitrogen and oxygen atoms in total. The summed E-state index contributed by atoms with van der Waals surface area (Å²) in [7, 11) is 0. The van der Waals surface area contributed by atoms with Crippen molar-refractivity contribution in [3.63, 3.8) is 0 Å². The van der Waals surface area contributed by atoms with E-state index in [0.29, 0.717) is 0 Å². The van der Waals surface area contributed by atoms with Crippen LogP contribution in [0.5, 0.6) is 0 Å². The van der Waals surface area contributed by atoms with Crippen molar-refractivity contribution in [3.05, 3.63) is 42.7 Å². The Hall–Kier alpha value is -0.160. The number of hydrogen-bond donors (Lipinski definition) is 1. The van der Waals surface area contributed by atoms with Gasteiger partial charge in [-0.05, 0) is 47.3 Å². The molecule has 0 saturated carbocycles. The summed E-state index contributed by atoms with van der Waals surface area (Å²) in [6.45, 7) is 3.89. The molecule has 0 aromatic carbocycles. The zero-order valence-corrected chi connectivity index (χ0v) is 11.7. The lowest BCUT2D eigenvalue weighted by atomic mass is 9.97. The number of thiophene rings is 2. The average Bonchev–Trinajstić information content (AvgIpc) is 2.74. The van der Waals surface area contributed by atoms with Crippen molar-refractivity contribution in [3.8, 4) is 0 Å². The highest BCUT2D eigenvalue weighted by molar-refractivity contribution is 9.10. The van der Waals surface area contributed by atoms with E-state index in [1.54, 1.807) is 22.7 Å². The van der Waals surface area contributed by atoms with Gasteiger partial charge in [-0.3, -0.25) is 0 Å². The van der Waals surface area contributed by atoms with Crippen molar-refractivity contribution in [1.82, 2.24) is 0 Å². The summed E-state index contributed by atoms with van der Waals surface area (Å²) >= 11 is 6.69. The highest BCUT2D eigenvalue weighted by atomic mass is 79.9. The maximum Gasteiger partial charge on any atom is 0.123 e. The Morgan fingerprint density at radius 2 is 2.07 bits per heavy atom. The third kappa shape index (κ3) is 2.04. The Balaban J connectivity index is 2.47. The molecular weight excluding hydrogens is 292 g/mol. The normalized spacial score (nSPS) is 15.2. The number of aliphatic hydroxyl groups is 1. The molecule has 1 unspecified atom stereocenters. The van der Waals surface area contributed by atoms with Crippen LogP contribution in [0.15, 0.2) is 27.4 Å². The first-order chi connectivity index (χ1) is 7.01. The van der Waals surface area contributed by atoms with E-state index in [2.05, 4.69) is 15.9 Å². The van der Waals surface area contributed by atoms with E-state index < -0.39 is 5.60 Å². The monoisotopic (exact) mass is 302 g/mol. The predicted octanol–water partition coefficient (Wildman–Crippen LogP) is 4.14. The Morgan fingerprint density at radius 3 is 2.53 bits per heavy atom. The summed E-state index contributed by atoms with van der Waals surface area (Å²) in [5, 5.41) is 14.5. The molecule has 15 heavy (non-hydrogen) atoms. The van der Waals surface area contributed by atoms with Crippen LogP contribution in [0.3, 0.4) is 0 Å². The molecule has 0 amide bonds. The Bertz CT molecular complexity index is 470. The van der Waals surface area contributed by atoms with E-state index in [4.69, 9.17) is 0 Å². The van der Waals surface area contributed by atoms with Crippen molar-refractivity contribution in [2.24, 2.45) is 0 Å². The SMILES string of the molecule is Cc1ccc(C(C)(O)c2cscc2Br)s1. The van der Waals surface area contributed by atoms with Gasteiger partial charge < -0.3 is 5.11 Å². The fourth-order valence-electron chi connectivity index (χ4n) is 1.46. The minimum Gasteiger partial charge on any atom is -0.380 e. The van der Waals surface area contributed by atoms with Crippen LogP contribution in [0.2, 0.25) is 0 Å². The number of aryl methyl sites for hydroxylation is 1. The molecule has 1 N–H and O–H groups in total. The molecule has 2 heterocycles. The highest BCUT2D eigenvalue weighted by Gasteiger charge is 2.29. The zero-order chi connectivity index (χ0) is 11.1. The van der Waals surface area contributed by atoms with Crippen LogP contribution in [-0.2, 0) is 5.60 Å². The second kappa shape index (κ2) is 4.01. The molecule has 2 aromatic heterocycles. The molecule has 1 atom stereocenters.